The second-order valence-corrected chi connectivity index (χ2v) is 3.63. The van der Waals surface area contributed by atoms with E-state index in [1.807, 2.05) is 0 Å². The zero-order valence-corrected chi connectivity index (χ0v) is 9.35. The topological polar surface area (TPSA) is 68.1 Å². The summed E-state index contributed by atoms with van der Waals surface area (Å²) in [6, 6.07) is 0.975. The van der Waals surface area contributed by atoms with Crippen LogP contribution >= 0.6 is 22.6 Å². The van der Waals surface area contributed by atoms with Crippen molar-refractivity contribution in [3.63, 3.8) is 0 Å². The fourth-order valence-electron chi connectivity index (χ4n) is 0.887. The molecule has 1 aromatic rings. The Bertz CT molecular complexity index is 416. The maximum absolute atomic E-state index is 11.9. The van der Waals surface area contributed by atoms with Crippen LogP contribution in [-0.2, 0) is 6.54 Å². The van der Waals surface area contributed by atoms with Crippen LogP contribution < -0.4 is 15.9 Å². The predicted molar refractivity (Wildman–Crippen MR) is 54.4 cm³/mol. The Morgan fingerprint density at radius 2 is 2.13 bits per heavy atom. The van der Waals surface area contributed by atoms with Crippen molar-refractivity contribution in [3.05, 3.63) is 25.7 Å². The number of nitrogens with one attached hydrogen (secondary N) is 1. The van der Waals surface area contributed by atoms with Gasteiger partial charge in [0.05, 0.1) is 0 Å². The van der Waals surface area contributed by atoms with E-state index >= 15 is 0 Å². The van der Waals surface area contributed by atoms with Crippen LogP contribution in [0.4, 0.5) is 13.2 Å². The average molecular weight is 334 g/mol. The molecular weight excluding hydrogens is 328 g/mol. The lowest BCUT2D eigenvalue weighted by Gasteiger charge is -2.10. The minimum atomic E-state index is -4.88. The Balaban J connectivity index is 3.15. The molecule has 0 aromatic carbocycles. The summed E-state index contributed by atoms with van der Waals surface area (Å²) in [7, 11) is 0. The number of alkyl halides is 3. The molecule has 0 aliphatic carbocycles. The molecule has 0 saturated carbocycles. The lowest BCUT2D eigenvalue weighted by atomic mass is 10.3. The van der Waals surface area contributed by atoms with E-state index in [9.17, 15) is 18.0 Å². The van der Waals surface area contributed by atoms with Crippen molar-refractivity contribution < 1.29 is 17.9 Å². The molecule has 8 heteroatoms. The van der Waals surface area contributed by atoms with Gasteiger partial charge in [0.1, 0.15) is 3.70 Å². The van der Waals surface area contributed by atoms with E-state index in [1.165, 1.54) is 22.6 Å². The van der Waals surface area contributed by atoms with Gasteiger partial charge in [-0.2, -0.15) is 0 Å². The first-order valence-corrected chi connectivity index (χ1v) is 4.79. The second-order valence-electron chi connectivity index (χ2n) is 2.55. The van der Waals surface area contributed by atoms with Crippen LogP contribution in [0.5, 0.6) is 5.75 Å². The molecule has 15 heavy (non-hydrogen) atoms. The number of pyridine rings is 1. The molecule has 1 aromatic heterocycles. The fourth-order valence-corrected chi connectivity index (χ4v) is 1.61. The van der Waals surface area contributed by atoms with E-state index in [4.69, 9.17) is 5.73 Å². The molecule has 0 fully saturated rings. The van der Waals surface area contributed by atoms with Crippen LogP contribution in [-0.4, -0.2) is 11.3 Å². The summed E-state index contributed by atoms with van der Waals surface area (Å²) >= 11 is 1.54. The van der Waals surface area contributed by atoms with Gasteiger partial charge in [0, 0.05) is 18.3 Å². The highest BCUT2D eigenvalue weighted by Gasteiger charge is 2.33. The van der Waals surface area contributed by atoms with Crippen molar-refractivity contribution in [2.45, 2.75) is 12.9 Å². The summed E-state index contributed by atoms with van der Waals surface area (Å²) < 4.78 is 39.2. The molecule has 0 amide bonds. The molecule has 1 rings (SSSR count). The highest BCUT2D eigenvalue weighted by atomic mass is 127. The summed E-state index contributed by atoms with van der Waals surface area (Å²) in [6.45, 7) is 0.0392. The van der Waals surface area contributed by atoms with Gasteiger partial charge in [-0.1, -0.05) is 0 Å². The Labute approximate surface area is 95.8 Å². The number of ether oxygens (including phenoxy) is 1. The molecular formula is C7H6F3IN2O2. The van der Waals surface area contributed by atoms with Crippen molar-refractivity contribution in [1.82, 2.24) is 4.98 Å². The average Bonchev–Trinajstić information content (AvgIpc) is 2.09. The van der Waals surface area contributed by atoms with E-state index in [1.54, 1.807) is 0 Å². The standard InChI is InChI=1S/C7H6F3IN2O2/c8-7(9,10)15-5-4(14)1-3(2-12)13-6(5)11/h1H,2,12H2,(H,13,14). The Morgan fingerprint density at radius 1 is 1.53 bits per heavy atom. The molecule has 0 unspecified atom stereocenters. The van der Waals surface area contributed by atoms with Gasteiger partial charge >= 0.3 is 6.36 Å². The molecule has 0 bridgehead atoms. The highest BCUT2D eigenvalue weighted by molar-refractivity contribution is 14.1. The summed E-state index contributed by atoms with van der Waals surface area (Å²) in [4.78, 5) is 13.7. The van der Waals surface area contributed by atoms with Crippen molar-refractivity contribution in [1.29, 1.82) is 0 Å². The van der Waals surface area contributed by atoms with Crippen LogP contribution in [0.25, 0.3) is 0 Å². The molecule has 4 nitrogen and oxygen atoms in total. The molecule has 84 valence electrons. The van der Waals surface area contributed by atoms with Gasteiger partial charge < -0.3 is 15.5 Å². The quantitative estimate of drug-likeness (QED) is 0.634. The van der Waals surface area contributed by atoms with Gasteiger partial charge in [-0.05, 0) is 22.6 Å². The molecule has 0 saturated heterocycles. The number of nitrogens with two attached hydrogens (primary N) is 1. The second kappa shape index (κ2) is 4.39. The Kier molecular flexibility index (Phi) is 3.60. The van der Waals surface area contributed by atoms with E-state index in [0.717, 1.165) is 6.07 Å². The van der Waals surface area contributed by atoms with E-state index < -0.39 is 17.5 Å². The first-order chi connectivity index (χ1) is 6.83. The van der Waals surface area contributed by atoms with Gasteiger partial charge in [-0.3, -0.25) is 4.79 Å². The number of rotatable bonds is 2. The highest BCUT2D eigenvalue weighted by Crippen LogP contribution is 2.23. The maximum atomic E-state index is 11.9. The smallest absolute Gasteiger partial charge is 0.399 e. The summed E-state index contributed by atoms with van der Waals surface area (Å²) in [5.74, 6) is -0.764. The summed E-state index contributed by atoms with van der Waals surface area (Å²) in [5, 5.41) is 0. The molecule has 1 heterocycles. The van der Waals surface area contributed by atoms with Gasteiger partial charge in [0.2, 0.25) is 11.2 Å². The summed E-state index contributed by atoms with van der Waals surface area (Å²) in [5.41, 5.74) is 4.72. The Hall–Kier alpha value is -0.770. The fraction of sp³-hybridized carbons (Fsp3) is 0.286. The van der Waals surface area contributed by atoms with E-state index in [0.29, 0.717) is 5.69 Å². The Morgan fingerprint density at radius 3 is 2.53 bits per heavy atom. The molecule has 0 atom stereocenters. The summed E-state index contributed by atoms with van der Waals surface area (Å²) in [6.07, 6.45) is -4.88. The van der Waals surface area contributed by atoms with E-state index in [-0.39, 0.29) is 10.2 Å². The maximum Gasteiger partial charge on any atom is 0.573 e. The normalized spacial score (nSPS) is 11.5. The van der Waals surface area contributed by atoms with Crippen molar-refractivity contribution in [3.8, 4) is 5.75 Å². The third-order valence-electron chi connectivity index (χ3n) is 1.44. The van der Waals surface area contributed by atoms with Crippen molar-refractivity contribution >= 4 is 22.6 Å². The third kappa shape index (κ3) is 3.38. The van der Waals surface area contributed by atoms with Gasteiger partial charge in [0.25, 0.3) is 0 Å². The molecule has 0 aliphatic heterocycles. The van der Waals surface area contributed by atoms with Gasteiger partial charge in [-0.15, -0.1) is 13.2 Å². The van der Waals surface area contributed by atoms with Crippen LogP contribution in [0, 0.1) is 3.70 Å². The lowest BCUT2D eigenvalue weighted by Crippen LogP contribution is -2.23. The zero-order valence-electron chi connectivity index (χ0n) is 7.19. The SMILES string of the molecule is NCc1cc(=O)c(OC(F)(F)F)c(I)[nH]1. The monoisotopic (exact) mass is 334 g/mol. The van der Waals surface area contributed by atoms with Crippen LogP contribution in [0.2, 0.25) is 0 Å². The van der Waals surface area contributed by atoms with Crippen LogP contribution in [0.1, 0.15) is 5.69 Å². The number of hydrogen-bond acceptors (Lipinski definition) is 3. The number of aromatic amines is 1. The first-order valence-electron chi connectivity index (χ1n) is 3.71. The molecule has 0 aliphatic rings. The minimum Gasteiger partial charge on any atom is -0.399 e. The minimum absolute atomic E-state index is 0.0297. The number of aromatic nitrogens is 1. The largest absolute Gasteiger partial charge is 0.573 e. The van der Waals surface area contributed by atoms with Gasteiger partial charge in [0.15, 0.2) is 0 Å². The van der Waals surface area contributed by atoms with Crippen molar-refractivity contribution in [2.24, 2.45) is 5.73 Å². The third-order valence-corrected chi connectivity index (χ3v) is 2.20. The predicted octanol–water partition coefficient (Wildman–Crippen LogP) is 1.34. The van der Waals surface area contributed by atoms with Gasteiger partial charge in [-0.25, -0.2) is 0 Å². The van der Waals surface area contributed by atoms with Crippen LogP contribution in [0.3, 0.4) is 0 Å². The zero-order chi connectivity index (χ0) is 11.6. The molecule has 3 N–H and O–H groups in total. The number of hydrogen-bond donors (Lipinski definition) is 2. The molecule has 0 spiro atoms. The number of halogens is 4. The van der Waals surface area contributed by atoms with E-state index in [2.05, 4.69) is 9.72 Å². The first kappa shape index (κ1) is 12.3. The van der Waals surface area contributed by atoms with Crippen molar-refractivity contribution in [2.75, 3.05) is 0 Å². The number of H-pyrrole nitrogens is 1. The van der Waals surface area contributed by atoms with Crippen LogP contribution in [0.15, 0.2) is 10.9 Å². The lowest BCUT2D eigenvalue weighted by molar-refractivity contribution is -0.275. The molecule has 0 radical (unpaired) electrons.